The van der Waals surface area contributed by atoms with Crippen LogP contribution in [0.2, 0.25) is 0 Å². The lowest BCUT2D eigenvalue weighted by Gasteiger charge is -2.17. The molecule has 2 rings (SSSR count). The number of benzene rings is 1. The van der Waals surface area contributed by atoms with Crippen LogP contribution >= 0.6 is 0 Å². The number of hydrogen-bond donors (Lipinski definition) is 4. The quantitative estimate of drug-likeness (QED) is 0.513. The molecule has 0 fully saturated rings. The molecule has 2 amide bonds. The van der Waals surface area contributed by atoms with Crippen LogP contribution in [0, 0.1) is 5.82 Å². The Morgan fingerprint density at radius 1 is 1.21 bits per heavy atom. The molecule has 0 aliphatic carbocycles. The van der Waals surface area contributed by atoms with E-state index in [1.54, 1.807) is 6.92 Å². The van der Waals surface area contributed by atoms with Gasteiger partial charge in [0.1, 0.15) is 17.6 Å². The van der Waals surface area contributed by atoms with E-state index in [0.717, 1.165) is 6.07 Å². The number of pyridine rings is 1. The standard InChI is InChI=1S/C17H18F3N5O3/c1-2-12(14(22)27)24-16-11(18)7-10(13(21)26)15(25-16)23-8-4-3-5-9(6-8)28-17(19)20/h3-7,12,17H,2H2,1H3,(H2,21,26)(H2,22,27)(H2,23,24,25)/t12-/m1/s1. The summed E-state index contributed by atoms with van der Waals surface area (Å²) in [5.74, 6) is -3.23. The van der Waals surface area contributed by atoms with Crippen LogP contribution in [0.3, 0.4) is 0 Å². The molecular formula is C17H18F3N5O3. The lowest BCUT2D eigenvalue weighted by atomic mass is 10.2. The lowest BCUT2D eigenvalue weighted by molar-refractivity contribution is -0.118. The molecule has 0 radical (unpaired) electrons. The van der Waals surface area contributed by atoms with Crippen molar-refractivity contribution in [2.45, 2.75) is 26.0 Å². The third-order valence-electron chi connectivity index (χ3n) is 3.63. The Balaban J connectivity index is 2.40. The minimum absolute atomic E-state index is 0.138. The molecule has 8 nitrogen and oxygen atoms in total. The van der Waals surface area contributed by atoms with Crippen LogP contribution < -0.4 is 26.8 Å². The highest BCUT2D eigenvalue weighted by Gasteiger charge is 2.20. The number of nitrogens with two attached hydrogens (primary N) is 2. The van der Waals surface area contributed by atoms with Crippen molar-refractivity contribution in [2.75, 3.05) is 10.6 Å². The molecule has 28 heavy (non-hydrogen) atoms. The Morgan fingerprint density at radius 2 is 1.93 bits per heavy atom. The number of amides is 2. The van der Waals surface area contributed by atoms with Crippen LogP contribution in [-0.2, 0) is 4.79 Å². The fraction of sp³-hybridized carbons (Fsp3) is 0.235. The van der Waals surface area contributed by atoms with Crippen molar-refractivity contribution in [1.29, 1.82) is 0 Å². The summed E-state index contributed by atoms with van der Waals surface area (Å²) < 4.78 is 43.3. The smallest absolute Gasteiger partial charge is 0.387 e. The third kappa shape index (κ3) is 5.25. The molecule has 0 spiro atoms. The highest BCUT2D eigenvalue weighted by molar-refractivity contribution is 5.98. The Morgan fingerprint density at radius 3 is 2.50 bits per heavy atom. The first-order chi connectivity index (χ1) is 13.2. The average molecular weight is 397 g/mol. The number of anilines is 3. The maximum Gasteiger partial charge on any atom is 0.387 e. The Bertz CT molecular complexity index is 879. The van der Waals surface area contributed by atoms with Gasteiger partial charge in [0.15, 0.2) is 11.6 Å². The number of halogens is 3. The van der Waals surface area contributed by atoms with Crippen LogP contribution in [0.25, 0.3) is 0 Å². The van der Waals surface area contributed by atoms with Gasteiger partial charge in [-0.3, -0.25) is 9.59 Å². The van der Waals surface area contributed by atoms with Gasteiger partial charge in [0.05, 0.1) is 5.56 Å². The number of aromatic nitrogens is 1. The van der Waals surface area contributed by atoms with E-state index in [0.29, 0.717) is 0 Å². The predicted molar refractivity (Wildman–Crippen MR) is 96.0 cm³/mol. The fourth-order valence-corrected chi connectivity index (χ4v) is 2.30. The van der Waals surface area contributed by atoms with Gasteiger partial charge in [-0.05, 0) is 24.6 Å². The molecule has 0 saturated carbocycles. The van der Waals surface area contributed by atoms with Crippen molar-refractivity contribution in [3.63, 3.8) is 0 Å². The van der Waals surface area contributed by atoms with E-state index in [4.69, 9.17) is 11.5 Å². The normalized spacial score (nSPS) is 11.8. The number of ether oxygens (including phenoxy) is 1. The van der Waals surface area contributed by atoms with Crippen LogP contribution in [0.5, 0.6) is 5.75 Å². The molecular weight excluding hydrogens is 379 g/mol. The summed E-state index contributed by atoms with van der Waals surface area (Å²) >= 11 is 0. The van der Waals surface area contributed by atoms with Crippen LogP contribution in [0.15, 0.2) is 30.3 Å². The van der Waals surface area contributed by atoms with Gasteiger partial charge in [0.25, 0.3) is 5.91 Å². The largest absolute Gasteiger partial charge is 0.435 e. The molecule has 1 heterocycles. The number of carbonyl (C=O) groups excluding carboxylic acids is 2. The van der Waals surface area contributed by atoms with Gasteiger partial charge in [-0.15, -0.1) is 0 Å². The number of rotatable bonds is 9. The second-order valence-corrected chi connectivity index (χ2v) is 5.62. The maximum absolute atomic E-state index is 14.3. The number of alkyl halides is 2. The molecule has 0 saturated heterocycles. The summed E-state index contributed by atoms with van der Waals surface area (Å²) in [4.78, 5) is 27.0. The van der Waals surface area contributed by atoms with Crippen molar-refractivity contribution < 1.29 is 27.5 Å². The number of hydrogen-bond acceptors (Lipinski definition) is 6. The molecule has 1 aromatic heterocycles. The van der Waals surface area contributed by atoms with Gasteiger partial charge in [0.2, 0.25) is 5.91 Å². The number of carbonyl (C=O) groups is 2. The monoisotopic (exact) mass is 397 g/mol. The number of primary amides is 2. The molecule has 6 N–H and O–H groups in total. The highest BCUT2D eigenvalue weighted by atomic mass is 19.3. The summed E-state index contributed by atoms with van der Waals surface area (Å²) in [6.45, 7) is -1.36. The van der Waals surface area contributed by atoms with Crippen molar-refractivity contribution in [2.24, 2.45) is 11.5 Å². The fourth-order valence-electron chi connectivity index (χ4n) is 2.30. The minimum atomic E-state index is -3.02. The zero-order chi connectivity index (χ0) is 20.8. The van der Waals surface area contributed by atoms with E-state index in [1.165, 1.54) is 24.3 Å². The van der Waals surface area contributed by atoms with E-state index in [-0.39, 0.29) is 35.1 Å². The summed E-state index contributed by atoms with van der Waals surface area (Å²) in [5.41, 5.74) is 10.4. The van der Waals surface area contributed by atoms with E-state index < -0.39 is 30.3 Å². The summed E-state index contributed by atoms with van der Waals surface area (Å²) in [6, 6.07) is 5.39. The first kappa shape index (κ1) is 20.8. The molecule has 0 unspecified atom stereocenters. The second-order valence-electron chi connectivity index (χ2n) is 5.62. The van der Waals surface area contributed by atoms with Crippen LogP contribution in [0.1, 0.15) is 23.7 Å². The molecule has 150 valence electrons. The first-order valence-corrected chi connectivity index (χ1v) is 8.09. The predicted octanol–water partition coefficient (Wildman–Crippen LogP) is 2.34. The van der Waals surface area contributed by atoms with Crippen molar-refractivity contribution in [3.8, 4) is 5.75 Å². The molecule has 2 aromatic rings. The van der Waals surface area contributed by atoms with Gasteiger partial charge in [-0.2, -0.15) is 8.78 Å². The highest BCUT2D eigenvalue weighted by Crippen LogP contribution is 2.26. The Labute approximate surface area is 158 Å². The number of nitrogens with zero attached hydrogens (tertiary/aromatic N) is 1. The first-order valence-electron chi connectivity index (χ1n) is 8.09. The van der Waals surface area contributed by atoms with Crippen LogP contribution in [0.4, 0.5) is 30.5 Å². The van der Waals surface area contributed by atoms with E-state index >= 15 is 0 Å². The SMILES string of the molecule is CC[C@@H](Nc1nc(Nc2cccc(OC(F)F)c2)c(C(N)=O)cc1F)C(N)=O. The summed E-state index contributed by atoms with van der Waals surface area (Å²) in [6.07, 6.45) is 0.268. The van der Waals surface area contributed by atoms with Gasteiger partial charge in [0, 0.05) is 11.8 Å². The maximum atomic E-state index is 14.3. The molecule has 0 aliphatic rings. The third-order valence-corrected chi connectivity index (χ3v) is 3.63. The van der Waals surface area contributed by atoms with Gasteiger partial charge in [-0.25, -0.2) is 9.37 Å². The summed E-state index contributed by atoms with van der Waals surface area (Å²) in [5, 5.41) is 5.25. The van der Waals surface area contributed by atoms with Gasteiger partial charge < -0.3 is 26.8 Å². The summed E-state index contributed by atoms with van der Waals surface area (Å²) in [7, 11) is 0. The molecule has 1 atom stereocenters. The van der Waals surface area contributed by atoms with Crippen molar-refractivity contribution >= 4 is 29.1 Å². The lowest BCUT2D eigenvalue weighted by Crippen LogP contribution is -2.35. The van der Waals surface area contributed by atoms with E-state index in [9.17, 15) is 22.8 Å². The molecule has 0 aliphatic heterocycles. The van der Waals surface area contributed by atoms with E-state index in [1.807, 2.05) is 0 Å². The Hall–Kier alpha value is -3.50. The molecule has 11 heteroatoms. The Kier molecular flexibility index (Phi) is 6.64. The second kappa shape index (κ2) is 8.93. The van der Waals surface area contributed by atoms with E-state index in [2.05, 4.69) is 20.4 Å². The zero-order valence-corrected chi connectivity index (χ0v) is 14.7. The number of nitrogens with one attached hydrogen (secondary N) is 2. The average Bonchev–Trinajstić information content (AvgIpc) is 2.60. The van der Waals surface area contributed by atoms with Gasteiger partial charge in [-0.1, -0.05) is 13.0 Å². The van der Waals surface area contributed by atoms with Gasteiger partial charge >= 0.3 is 6.61 Å². The van der Waals surface area contributed by atoms with Crippen molar-refractivity contribution in [1.82, 2.24) is 4.98 Å². The molecule has 1 aromatic carbocycles. The minimum Gasteiger partial charge on any atom is -0.435 e. The van der Waals surface area contributed by atoms with Crippen molar-refractivity contribution in [3.05, 3.63) is 41.7 Å². The van der Waals surface area contributed by atoms with Crippen LogP contribution in [-0.4, -0.2) is 29.5 Å². The topological polar surface area (TPSA) is 132 Å². The molecule has 0 bridgehead atoms. The zero-order valence-electron chi connectivity index (χ0n) is 14.7.